The molecular weight excluding hydrogens is 309 g/mol. The Kier molecular flexibility index (Phi) is 29.2. The Morgan fingerprint density at radius 1 is 1.33 bits per heavy atom. The average molecular weight is 329 g/mol. The number of esters is 2. The van der Waals surface area contributed by atoms with Crippen LogP contribution in [0.2, 0.25) is 0 Å². The van der Waals surface area contributed by atoms with E-state index in [-0.39, 0.29) is 63.3 Å². The van der Waals surface area contributed by atoms with E-state index in [4.69, 9.17) is 15.3 Å². The molecule has 9 heteroatoms. The van der Waals surface area contributed by atoms with Crippen molar-refractivity contribution >= 4 is 11.9 Å². The summed E-state index contributed by atoms with van der Waals surface area (Å²) in [4.78, 5) is 28.8. The fraction of sp³-hybridized carbons (Fsp3) is 0.500. The minimum Gasteiger partial charge on any atom is -0.466 e. The second kappa shape index (κ2) is 21.6. The van der Waals surface area contributed by atoms with Crippen molar-refractivity contribution in [1.29, 1.82) is 0 Å². The van der Waals surface area contributed by atoms with E-state index in [9.17, 15) is 9.59 Å². The molecule has 0 heterocycles. The first-order valence-corrected chi connectivity index (χ1v) is 5.57. The van der Waals surface area contributed by atoms with Crippen molar-refractivity contribution < 1.29 is 75.5 Å². The Labute approximate surface area is 166 Å². The zero-order chi connectivity index (χ0) is 16.6. The van der Waals surface area contributed by atoms with Crippen LogP contribution in [0.25, 0.3) is 0 Å². The van der Waals surface area contributed by atoms with Crippen LogP contribution in [0.15, 0.2) is 24.8 Å². The summed E-state index contributed by atoms with van der Waals surface area (Å²) in [6.07, 6.45) is 3.15. The first kappa shape index (κ1) is 28.4. The molecule has 0 rings (SSSR count). The van der Waals surface area contributed by atoms with Gasteiger partial charge in [0, 0.05) is 11.6 Å². The first-order valence-electron chi connectivity index (χ1n) is 5.57. The SMILES string of the molecule is C=C(C)C(=O)OC.C=CC(=O)OCCCC.O=[N+]([O-])[O-].[K+]. The largest absolute Gasteiger partial charge is 1.00 e. The third-order valence-electron chi connectivity index (χ3n) is 1.44. The smallest absolute Gasteiger partial charge is 0.466 e. The van der Waals surface area contributed by atoms with Gasteiger partial charge in [-0.1, -0.05) is 26.5 Å². The number of carbonyl (C=O) groups excluding carboxylic acids is 2. The van der Waals surface area contributed by atoms with Crippen LogP contribution in [0.1, 0.15) is 26.7 Å². The molecule has 0 aliphatic carbocycles. The van der Waals surface area contributed by atoms with Crippen molar-refractivity contribution in [1.82, 2.24) is 0 Å². The zero-order valence-electron chi connectivity index (χ0n) is 12.9. The Hall–Kier alpha value is -0.744. The molecule has 21 heavy (non-hydrogen) atoms. The Bertz CT molecular complexity index is 328. The van der Waals surface area contributed by atoms with Crippen LogP contribution >= 0.6 is 0 Å². The second-order valence-electron chi connectivity index (χ2n) is 3.22. The van der Waals surface area contributed by atoms with E-state index in [2.05, 4.69) is 22.6 Å². The van der Waals surface area contributed by atoms with Gasteiger partial charge in [-0.15, -0.1) is 0 Å². The molecule has 0 saturated carbocycles. The van der Waals surface area contributed by atoms with Crippen molar-refractivity contribution in [3.63, 3.8) is 0 Å². The third kappa shape index (κ3) is 38.2. The maximum Gasteiger partial charge on any atom is 1.00 e. The minimum absolute atomic E-state index is 0. The summed E-state index contributed by atoms with van der Waals surface area (Å²) in [5.74, 6) is -0.677. The van der Waals surface area contributed by atoms with Crippen LogP contribution in [-0.2, 0) is 19.1 Å². The summed E-state index contributed by atoms with van der Waals surface area (Å²) in [5, 5.41) is 14.8. The zero-order valence-corrected chi connectivity index (χ0v) is 16.0. The number of rotatable bonds is 5. The quantitative estimate of drug-likeness (QED) is 0.159. The van der Waals surface area contributed by atoms with Crippen LogP contribution in [0.4, 0.5) is 0 Å². The second-order valence-corrected chi connectivity index (χ2v) is 3.22. The van der Waals surface area contributed by atoms with Gasteiger partial charge in [-0.3, -0.25) is 0 Å². The van der Waals surface area contributed by atoms with Crippen molar-refractivity contribution in [2.45, 2.75) is 26.7 Å². The fourth-order valence-electron chi connectivity index (χ4n) is 0.550. The van der Waals surface area contributed by atoms with E-state index in [1.165, 1.54) is 13.2 Å². The molecule has 0 aromatic heterocycles. The van der Waals surface area contributed by atoms with E-state index < -0.39 is 5.09 Å². The van der Waals surface area contributed by atoms with E-state index in [0.717, 1.165) is 12.8 Å². The summed E-state index contributed by atoms with van der Waals surface area (Å²) < 4.78 is 8.95. The molecule has 0 aliphatic heterocycles. The summed E-state index contributed by atoms with van der Waals surface area (Å²) in [6.45, 7) is 10.8. The Morgan fingerprint density at radius 2 is 1.76 bits per heavy atom. The molecule has 0 atom stereocenters. The van der Waals surface area contributed by atoms with E-state index >= 15 is 0 Å². The normalized spacial score (nSPS) is 7.38. The predicted molar refractivity (Wildman–Crippen MR) is 73.3 cm³/mol. The number of methoxy groups -OCH3 is 1. The molecule has 0 amide bonds. The van der Waals surface area contributed by atoms with Gasteiger partial charge < -0.3 is 24.8 Å². The summed E-state index contributed by atoms with van der Waals surface area (Å²) in [6, 6.07) is 0. The van der Waals surface area contributed by atoms with Crippen LogP contribution in [0.5, 0.6) is 0 Å². The van der Waals surface area contributed by atoms with Gasteiger partial charge >= 0.3 is 63.3 Å². The molecule has 0 aromatic carbocycles. The van der Waals surface area contributed by atoms with Crippen molar-refractivity contribution in [3.05, 3.63) is 40.1 Å². The van der Waals surface area contributed by atoms with Gasteiger partial charge in [0.15, 0.2) is 0 Å². The van der Waals surface area contributed by atoms with Gasteiger partial charge in [-0.25, -0.2) is 9.59 Å². The van der Waals surface area contributed by atoms with Gasteiger partial charge in [-0.2, -0.15) is 0 Å². The van der Waals surface area contributed by atoms with Gasteiger partial charge in [0.25, 0.3) is 0 Å². The maximum atomic E-state index is 10.3. The van der Waals surface area contributed by atoms with Gasteiger partial charge in [-0.05, 0) is 13.3 Å². The Morgan fingerprint density at radius 3 is 1.95 bits per heavy atom. The maximum absolute atomic E-state index is 10.3. The molecule has 0 aromatic rings. The number of hydrogen-bond donors (Lipinski definition) is 0. The fourth-order valence-corrected chi connectivity index (χ4v) is 0.550. The van der Waals surface area contributed by atoms with Crippen molar-refractivity contribution in [2.75, 3.05) is 13.7 Å². The first-order chi connectivity index (χ1) is 9.22. The standard InChI is InChI=1S/C7H12O2.C5H8O2.K.NO3/c1-3-5-6-9-7(8)4-2;1-4(2)5(6)7-3;;2-1(3)4/h4H,2-3,5-6H2,1H3;1H2,2-3H3;;/q;;+1;-1. The molecule has 0 radical (unpaired) electrons. The van der Waals surface area contributed by atoms with Crippen LogP contribution in [0, 0.1) is 15.3 Å². The number of carbonyl (C=O) groups is 2. The van der Waals surface area contributed by atoms with Crippen molar-refractivity contribution in [3.8, 4) is 0 Å². The summed E-state index contributed by atoms with van der Waals surface area (Å²) >= 11 is 0. The minimum atomic E-state index is -1.75. The molecule has 0 N–H and O–H groups in total. The molecule has 0 aliphatic rings. The molecule has 0 saturated heterocycles. The molecule has 0 bridgehead atoms. The van der Waals surface area contributed by atoms with E-state index in [1.807, 2.05) is 6.92 Å². The van der Waals surface area contributed by atoms with Crippen LogP contribution < -0.4 is 51.4 Å². The summed E-state index contributed by atoms with van der Waals surface area (Å²) in [5.41, 5.74) is 0.433. The number of hydrogen-bond acceptors (Lipinski definition) is 7. The van der Waals surface area contributed by atoms with Gasteiger partial charge in [0.05, 0.1) is 18.8 Å². The number of unbranched alkanes of at least 4 members (excludes halogenated alkanes) is 1. The van der Waals surface area contributed by atoms with Gasteiger partial charge in [0.2, 0.25) is 0 Å². The number of ether oxygens (including phenoxy) is 2. The van der Waals surface area contributed by atoms with Gasteiger partial charge in [0.1, 0.15) is 0 Å². The van der Waals surface area contributed by atoms with E-state index in [0.29, 0.717) is 12.2 Å². The molecular formula is C12H20KNO7. The number of nitrogens with zero attached hydrogens (tertiary/aromatic N) is 1. The molecule has 0 spiro atoms. The van der Waals surface area contributed by atoms with E-state index in [1.54, 1.807) is 6.92 Å². The average Bonchev–Trinajstić information content (AvgIpc) is 2.37. The summed E-state index contributed by atoms with van der Waals surface area (Å²) in [7, 11) is 1.33. The van der Waals surface area contributed by atoms with Crippen molar-refractivity contribution in [2.24, 2.45) is 0 Å². The molecule has 0 fully saturated rings. The third-order valence-corrected chi connectivity index (χ3v) is 1.44. The topological polar surface area (TPSA) is 119 Å². The Balaban J connectivity index is -0.000000108. The molecule has 8 nitrogen and oxygen atoms in total. The molecule has 116 valence electrons. The molecule has 0 unspecified atom stereocenters. The predicted octanol–water partition coefficient (Wildman–Crippen LogP) is -0.984. The van der Waals surface area contributed by atoms with Crippen LogP contribution in [-0.4, -0.2) is 30.7 Å². The monoisotopic (exact) mass is 329 g/mol. The van der Waals surface area contributed by atoms with Crippen LogP contribution in [0.3, 0.4) is 0 Å².